The average Bonchev–Trinajstić information content (AvgIpc) is 3.28. The van der Waals surface area contributed by atoms with Crippen LogP contribution in [0.2, 0.25) is 0 Å². The van der Waals surface area contributed by atoms with Crippen molar-refractivity contribution in [2.75, 3.05) is 6.61 Å². The van der Waals surface area contributed by atoms with Crippen LogP contribution in [0.4, 0.5) is 0 Å². The molecule has 0 aromatic carbocycles. The standard InChI is InChI=1S/C33H58O8/c1-18(2)7-6-8-19(3)22-9-10-23-21-15-26(35)33(39)16-20(11-14-32(33,5)24(21)12-13-31(22,23)4)40-30-29(38)28(37)27(36)25(17-34)41-30/h18-30,34-39H,6-17H2,1-5H3/t19?,20-,21?,22+,23?,24?,25+,26+,27+,28-,29+,30+,31+,32+,33-/m0/s1. The molecule has 0 radical (unpaired) electrons. The van der Waals surface area contributed by atoms with Crippen LogP contribution in [0.1, 0.15) is 105 Å². The molecule has 1 heterocycles. The van der Waals surface area contributed by atoms with Gasteiger partial charge in [-0.3, -0.25) is 0 Å². The van der Waals surface area contributed by atoms with Crippen molar-refractivity contribution in [1.29, 1.82) is 0 Å². The number of rotatable bonds is 8. The van der Waals surface area contributed by atoms with E-state index in [0.29, 0.717) is 42.4 Å². The first-order chi connectivity index (χ1) is 19.3. The molecule has 4 aliphatic carbocycles. The summed E-state index contributed by atoms with van der Waals surface area (Å²) in [6.07, 6.45) is 2.79. The van der Waals surface area contributed by atoms with Gasteiger partial charge >= 0.3 is 0 Å². The van der Waals surface area contributed by atoms with Crippen molar-refractivity contribution in [2.45, 2.75) is 154 Å². The lowest BCUT2D eigenvalue weighted by Gasteiger charge is -2.65. The molecule has 1 aliphatic heterocycles. The van der Waals surface area contributed by atoms with Crippen LogP contribution in [0.15, 0.2) is 0 Å². The van der Waals surface area contributed by atoms with Gasteiger partial charge in [0.05, 0.1) is 24.4 Å². The van der Waals surface area contributed by atoms with Crippen LogP contribution >= 0.6 is 0 Å². The zero-order chi connectivity index (χ0) is 29.9. The minimum Gasteiger partial charge on any atom is -0.394 e. The normalized spacial score (nSPS) is 52.5. The summed E-state index contributed by atoms with van der Waals surface area (Å²) in [4.78, 5) is 0. The molecule has 8 heteroatoms. The quantitative estimate of drug-likeness (QED) is 0.240. The van der Waals surface area contributed by atoms with Crippen LogP contribution in [0, 0.1) is 46.3 Å². The molecule has 1 saturated heterocycles. The van der Waals surface area contributed by atoms with Crippen molar-refractivity contribution in [3.05, 3.63) is 0 Å². The molecule has 6 N–H and O–H groups in total. The molecule has 8 nitrogen and oxygen atoms in total. The predicted octanol–water partition coefficient (Wildman–Crippen LogP) is 3.38. The summed E-state index contributed by atoms with van der Waals surface area (Å²) in [5.74, 6) is 3.54. The zero-order valence-corrected chi connectivity index (χ0v) is 26.0. The number of aliphatic hydroxyl groups excluding tert-OH is 5. The van der Waals surface area contributed by atoms with Crippen molar-refractivity contribution in [2.24, 2.45) is 46.3 Å². The Hall–Kier alpha value is -0.320. The fourth-order valence-corrected chi connectivity index (χ4v) is 10.8. The van der Waals surface area contributed by atoms with Gasteiger partial charge in [-0.1, -0.05) is 53.9 Å². The molecule has 5 fully saturated rings. The lowest BCUT2D eigenvalue weighted by atomic mass is 9.42. The fraction of sp³-hybridized carbons (Fsp3) is 1.00. The molecule has 0 amide bonds. The number of ether oxygens (including phenoxy) is 2. The van der Waals surface area contributed by atoms with Gasteiger partial charge in [0, 0.05) is 11.8 Å². The van der Waals surface area contributed by atoms with Gasteiger partial charge in [-0.15, -0.1) is 0 Å². The van der Waals surface area contributed by atoms with E-state index in [0.717, 1.165) is 24.2 Å². The number of hydrogen-bond donors (Lipinski definition) is 6. The molecule has 0 aromatic heterocycles. The first-order valence-corrected chi connectivity index (χ1v) is 16.6. The Balaban J connectivity index is 1.28. The van der Waals surface area contributed by atoms with Crippen molar-refractivity contribution < 1.29 is 40.1 Å². The summed E-state index contributed by atoms with van der Waals surface area (Å²) in [5.41, 5.74) is -1.46. The van der Waals surface area contributed by atoms with Crippen molar-refractivity contribution in [3.63, 3.8) is 0 Å². The van der Waals surface area contributed by atoms with Crippen molar-refractivity contribution >= 4 is 0 Å². The SMILES string of the molecule is CC(C)CCCC(C)[C@H]1CCC2C3C[C@@H](O)[C@@]4(O)C[C@@H](O[C@@H]5O[C@H](CO)[C@@H](O)[C@H](O)[C@H]5O)CC[C@]4(C)C3CC[C@@]21C. The number of hydrogen-bond acceptors (Lipinski definition) is 8. The second kappa shape index (κ2) is 11.9. The smallest absolute Gasteiger partial charge is 0.186 e. The first kappa shape index (κ1) is 32.1. The summed E-state index contributed by atoms with van der Waals surface area (Å²) < 4.78 is 11.7. The predicted molar refractivity (Wildman–Crippen MR) is 155 cm³/mol. The summed E-state index contributed by atoms with van der Waals surface area (Å²) in [6.45, 7) is 11.3. The molecule has 4 saturated carbocycles. The fourth-order valence-electron chi connectivity index (χ4n) is 10.8. The molecule has 5 rings (SSSR count). The Labute approximate surface area is 246 Å². The van der Waals surface area contributed by atoms with Gasteiger partial charge in [0.2, 0.25) is 0 Å². The highest BCUT2D eigenvalue weighted by Crippen LogP contribution is 2.69. The average molecular weight is 583 g/mol. The monoisotopic (exact) mass is 582 g/mol. The Morgan fingerprint density at radius 1 is 0.878 bits per heavy atom. The molecule has 41 heavy (non-hydrogen) atoms. The first-order valence-electron chi connectivity index (χ1n) is 16.6. The van der Waals surface area contributed by atoms with E-state index in [2.05, 4.69) is 34.6 Å². The third-order valence-corrected chi connectivity index (χ3v) is 13.2. The third kappa shape index (κ3) is 5.34. The Morgan fingerprint density at radius 2 is 1.61 bits per heavy atom. The van der Waals surface area contributed by atoms with E-state index in [-0.39, 0.29) is 6.42 Å². The highest BCUT2D eigenvalue weighted by atomic mass is 16.7. The van der Waals surface area contributed by atoms with Crippen LogP contribution in [-0.2, 0) is 9.47 Å². The van der Waals surface area contributed by atoms with Crippen LogP contribution in [-0.4, -0.2) is 85.8 Å². The van der Waals surface area contributed by atoms with Crippen LogP contribution in [0.3, 0.4) is 0 Å². The third-order valence-electron chi connectivity index (χ3n) is 13.2. The van der Waals surface area contributed by atoms with Gasteiger partial charge in [-0.2, -0.15) is 0 Å². The molecule has 0 spiro atoms. The van der Waals surface area contributed by atoms with E-state index < -0.39 is 60.5 Å². The lowest BCUT2D eigenvalue weighted by Crippen LogP contribution is -2.69. The van der Waals surface area contributed by atoms with Gasteiger partial charge in [0.1, 0.15) is 24.4 Å². The highest BCUT2D eigenvalue weighted by molar-refractivity contribution is 5.17. The van der Waals surface area contributed by atoms with Gasteiger partial charge in [-0.05, 0) is 85.9 Å². The Kier molecular flexibility index (Phi) is 9.30. The summed E-state index contributed by atoms with van der Waals surface area (Å²) >= 11 is 0. The molecule has 0 bridgehead atoms. The Morgan fingerprint density at radius 3 is 2.29 bits per heavy atom. The largest absolute Gasteiger partial charge is 0.394 e. The summed E-state index contributed by atoms with van der Waals surface area (Å²) in [7, 11) is 0. The van der Waals surface area contributed by atoms with Gasteiger partial charge < -0.3 is 40.1 Å². The maximum atomic E-state index is 12.2. The topological polar surface area (TPSA) is 140 Å². The summed E-state index contributed by atoms with van der Waals surface area (Å²) in [6, 6.07) is 0. The van der Waals surface area contributed by atoms with E-state index in [1.54, 1.807) is 0 Å². The van der Waals surface area contributed by atoms with E-state index in [1.807, 2.05) is 0 Å². The van der Waals surface area contributed by atoms with E-state index in [1.165, 1.54) is 38.5 Å². The molecule has 238 valence electrons. The zero-order valence-electron chi connectivity index (χ0n) is 26.0. The minimum atomic E-state index is -1.51. The maximum Gasteiger partial charge on any atom is 0.186 e. The molecule has 4 unspecified atom stereocenters. The van der Waals surface area contributed by atoms with E-state index >= 15 is 0 Å². The van der Waals surface area contributed by atoms with Gasteiger partial charge in [-0.25, -0.2) is 0 Å². The minimum absolute atomic E-state index is 0.223. The van der Waals surface area contributed by atoms with Crippen LogP contribution < -0.4 is 0 Å². The second-order valence-electron chi connectivity index (χ2n) is 15.7. The molecule has 15 atom stereocenters. The lowest BCUT2D eigenvalue weighted by molar-refractivity contribution is -0.328. The Bertz CT molecular complexity index is 898. The highest BCUT2D eigenvalue weighted by Gasteiger charge is 2.68. The van der Waals surface area contributed by atoms with E-state index in [9.17, 15) is 30.6 Å². The maximum absolute atomic E-state index is 12.2. The van der Waals surface area contributed by atoms with E-state index in [4.69, 9.17) is 9.47 Å². The van der Waals surface area contributed by atoms with Crippen LogP contribution in [0.25, 0.3) is 0 Å². The molecular weight excluding hydrogens is 524 g/mol. The molecular formula is C33H58O8. The van der Waals surface area contributed by atoms with Crippen LogP contribution in [0.5, 0.6) is 0 Å². The summed E-state index contributed by atoms with van der Waals surface area (Å²) in [5, 5.41) is 64.3. The van der Waals surface area contributed by atoms with Gasteiger partial charge in [0.25, 0.3) is 0 Å². The number of fused-ring (bicyclic) bond motifs is 5. The number of aliphatic hydroxyl groups is 6. The van der Waals surface area contributed by atoms with Crippen molar-refractivity contribution in [3.8, 4) is 0 Å². The molecule has 0 aromatic rings. The second-order valence-corrected chi connectivity index (χ2v) is 15.7. The molecule has 5 aliphatic rings. The van der Waals surface area contributed by atoms with Crippen molar-refractivity contribution in [1.82, 2.24) is 0 Å². The van der Waals surface area contributed by atoms with Gasteiger partial charge in [0.15, 0.2) is 6.29 Å².